The van der Waals surface area contributed by atoms with Gasteiger partial charge < -0.3 is 15.1 Å². The van der Waals surface area contributed by atoms with Crippen molar-refractivity contribution in [2.45, 2.75) is 52.0 Å². The molecule has 29 heavy (non-hydrogen) atoms. The highest BCUT2D eigenvalue weighted by molar-refractivity contribution is 5.93. The van der Waals surface area contributed by atoms with Crippen molar-refractivity contribution >= 4 is 17.3 Å². The molecule has 0 radical (unpaired) electrons. The Morgan fingerprint density at radius 2 is 1.72 bits per heavy atom. The summed E-state index contributed by atoms with van der Waals surface area (Å²) >= 11 is 0. The number of aromatic nitrogens is 1. The number of hydrogen-bond donors (Lipinski definition) is 1. The summed E-state index contributed by atoms with van der Waals surface area (Å²) in [6, 6.07) is 10.8. The molecule has 4 rings (SSSR count). The Morgan fingerprint density at radius 1 is 1.00 bits per heavy atom. The van der Waals surface area contributed by atoms with Gasteiger partial charge in [-0.15, -0.1) is 0 Å². The number of pyridine rings is 1. The smallest absolute Gasteiger partial charge is 0.270 e. The Kier molecular flexibility index (Phi) is 6.02. The molecule has 2 aliphatic rings. The van der Waals surface area contributed by atoms with Crippen LogP contribution in [0.5, 0.6) is 0 Å². The second-order valence-corrected chi connectivity index (χ2v) is 8.40. The fourth-order valence-corrected chi connectivity index (χ4v) is 4.53. The number of carbonyl (C=O) groups excluding carboxylic acids is 1. The van der Waals surface area contributed by atoms with Crippen molar-refractivity contribution in [1.82, 2.24) is 10.3 Å². The first-order valence-corrected chi connectivity index (χ1v) is 10.9. The molecule has 0 atom stereocenters. The molecule has 1 aliphatic heterocycles. The molecule has 2 fully saturated rings. The van der Waals surface area contributed by atoms with Crippen LogP contribution in [0.2, 0.25) is 0 Å². The Bertz CT molecular complexity index is 852. The van der Waals surface area contributed by atoms with Crippen molar-refractivity contribution in [3.63, 3.8) is 0 Å². The maximum Gasteiger partial charge on any atom is 0.270 e. The molecule has 1 saturated carbocycles. The van der Waals surface area contributed by atoms with Gasteiger partial charge in [-0.1, -0.05) is 31.4 Å². The van der Waals surface area contributed by atoms with Crippen LogP contribution in [-0.4, -0.2) is 43.1 Å². The number of aryl methyl sites for hydroxylation is 1. The topological polar surface area (TPSA) is 48.5 Å². The van der Waals surface area contributed by atoms with Crippen molar-refractivity contribution in [3.05, 3.63) is 53.3 Å². The van der Waals surface area contributed by atoms with Gasteiger partial charge in [0.25, 0.3) is 5.91 Å². The predicted octanol–water partition coefficient (Wildman–Crippen LogP) is 4.09. The molecular weight excluding hydrogens is 360 g/mol. The Labute approximate surface area is 174 Å². The number of amides is 1. The first-order valence-electron chi connectivity index (χ1n) is 10.9. The van der Waals surface area contributed by atoms with Gasteiger partial charge in [-0.25, -0.2) is 0 Å². The van der Waals surface area contributed by atoms with Gasteiger partial charge in [0.2, 0.25) is 0 Å². The van der Waals surface area contributed by atoms with Gasteiger partial charge >= 0.3 is 0 Å². The lowest BCUT2D eigenvalue weighted by molar-refractivity contribution is 0.0922. The maximum absolute atomic E-state index is 12.7. The molecule has 1 aliphatic carbocycles. The van der Waals surface area contributed by atoms with Gasteiger partial charge in [0, 0.05) is 49.8 Å². The SMILES string of the molecule is Cc1cccc(N2CCN(c3ccnc(C(=O)NC4CCCCC4)c3)CC2)c1C. The lowest BCUT2D eigenvalue weighted by atomic mass is 9.95. The second-order valence-electron chi connectivity index (χ2n) is 8.40. The van der Waals surface area contributed by atoms with E-state index in [1.807, 2.05) is 12.1 Å². The number of piperazine rings is 1. The molecule has 1 saturated heterocycles. The number of nitrogens with one attached hydrogen (secondary N) is 1. The summed E-state index contributed by atoms with van der Waals surface area (Å²) in [5, 5.41) is 3.18. The average Bonchev–Trinajstić information content (AvgIpc) is 2.77. The standard InChI is InChI=1S/C24H32N4O/c1-18-7-6-10-23(19(18)2)28-15-13-27(14-16-28)21-11-12-25-22(17-21)24(29)26-20-8-4-3-5-9-20/h6-7,10-12,17,20H,3-5,8-9,13-16H2,1-2H3,(H,26,29). The van der Waals surface area contributed by atoms with Crippen LogP contribution in [0.1, 0.15) is 53.7 Å². The molecule has 1 amide bonds. The summed E-state index contributed by atoms with van der Waals surface area (Å²) in [5.74, 6) is -0.0345. The van der Waals surface area contributed by atoms with Crippen LogP contribution in [0.4, 0.5) is 11.4 Å². The average molecular weight is 393 g/mol. The quantitative estimate of drug-likeness (QED) is 0.851. The highest BCUT2D eigenvalue weighted by Crippen LogP contribution is 2.25. The lowest BCUT2D eigenvalue weighted by Crippen LogP contribution is -2.47. The minimum atomic E-state index is -0.0345. The van der Waals surface area contributed by atoms with E-state index in [9.17, 15) is 4.79 Å². The molecule has 2 heterocycles. The molecule has 0 bridgehead atoms. The van der Waals surface area contributed by atoms with Crippen LogP contribution in [0.3, 0.4) is 0 Å². The zero-order valence-corrected chi connectivity index (χ0v) is 17.7. The normalized spacial score (nSPS) is 18.0. The van der Waals surface area contributed by atoms with E-state index >= 15 is 0 Å². The zero-order valence-electron chi connectivity index (χ0n) is 17.7. The molecule has 5 heteroatoms. The lowest BCUT2D eigenvalue weighted by Gasteiger charge is -2.38. The van der Waals surface area contributed by atoms with Crippen molar-refractivity contribution in [2.75, 3.05) is 36.0 Å². The van der Waals surface area contributed by atoms with Crippen LogP contribution < -0.4 is 15.1 Å². The monoisotopic (exact) mass is 392 g/mol. The van der Waals surface area contributed by atoms with E-state index in [1.165, 1.54) is 36.1 Å². The van der Waals surface area contributed by atoms with Gasteiger partial charge in [-0.3, -0.25) is 9.78 Å². The van der Waals surface area contributed by atoms with E-state index < -0.39 is 0 Å². The molecule has 5 nitrogen and oxygen atoms in total. The molecular formula is C24H32N4O. The van der Waals surface area contributed by atoms with Crippen molar-refractivity contribution in [2.24, 2.45) is 0 Å². The van der Waals surface area contributed by atoms with Gasteiger partial charge in [-0.2, -0.15) is 0 Å². The van der Waals surface area contributed by atoms with E-state index in [4.69, 9.17) is 0 Å². The Hall–Kier alpha value is -2.56. The number of rotatable bonds is 4. The third-order valence-corrected chi connectivity index (χ3v) is 6.48. The van der Waals surface area contributed by atoms with Crippen LogP contribution >= 0.6 is 0 Å². The molecule has 0 unspecified atom stereocenters. The Morgan fingerprint density at radius 3 is 2.48 bits per heavy atom. The van der Waals surface area contributed by atoms with E-state index in [0.29, 0.717) is 11.7 Å². The summed E-state index contributed by atoms with van der Waals surface area (Å²) in [5.41, 5.74) is 5.67. The minimum Gasteiger partial charge on any atom is -0.368 e. The van der Waals surface area contributed by atoms with E-state index in [1.54, 1.807) is 6.20 Å². The van der Waals surface area contributed by atoms with Gasteiger partial charge in [0.05, 0.1) is 0 Å². The first-order chi connectivity index (χ1) is 14.1. The third-order valence-electron chi connectivity index (χ3n) is 6.48. The molecule has 154 valence electrons. The molecule has 0 spiro atoms. The summed E-state index contributed by atoms with van der Waals surface area (Å²) in [6.45, 7) is 8.23. The summed E-state index contributed by atoms with van der Waals surface area (Å²) in [4.78, 5) is 21.8. The molecule has 1 aromatic heterocycles. The summed E-state index contributed by atoms with van der Waals surface area (Å²) < 4.78 is 0. The third kappa shape index (κ3) is 4.55. The minimum absolute atomic E-state index is 0.0345. The number of nitrogens with zero attached hydrogens (tertiary/aromatic N) is 3. The fourth-order valence-electron chi connectivity index (χ4n) is 4.53. The van der Waals surface area contributed by atoms with Crippen molar-refractivity contribution in [1.29, 1.82) is 0 Å². The van der Waals surface area contributed by atoms with Gasteiger partial charge in [-0.05, 0) is 56.0 Å². The fraction of sp³-hybridized carbons (Fsp3) is 0.500. The van der Waals surface area contributed by atoms with Crippen LogP contribution in [0.25, 0.3) is 0 Å². The zero-order chi connectivity index (χ0) is 20.2. The van der Waals surface area contributed by atoms with Gasteiger partial charge in [0.15, 0.2) is 0 Å². The maximum atomic E-state index is 12.7. The van der Waals surface area contributed by atoms with E-state index in [0.717, 1.165) is 44.7 Å². The number of anilines is 2. The van der Waals surface area contributed by atoms with E-state index in [2.05, 4.69) is 52.1 Å². The number of hydrogen-bond acceptors (Lipinski definition) is 4. The first kappa shape index (κ1) is 19.7. The predicted molar refractivity (Wildman–Crippen MR) is 119 cm³/mol. The van der Waals surface area contributed by atoms with Crippen molar-refractivity contribution in [3.8, 4) is 0 Å². The molecule has 1 aromatic carbocycles. The number of benzene rings is 1. The van der Waals surface area contributed by atoms with Crippen LogP contribution in [0.15, 0.2) is 36.5 Å². The van der Waals surface area contributed by atoms with Gasteiger partial charge in [0.1, 0.15) is 5.69 Å². The molecule has 2 aromatic rings. The van der Waals surface area contributed by atoms with Crippen LogP contribution in [0, 0.1) is 13.8 Å². The van der Waals surface area contributed by atoms with Crippen molar-refractivity contribution < 1.29 is 4.79 Å². The van der Waals surface area contributed by atoms with Crippen LogP contribution in [-0.2, 0) is 0 Å². The molecule has 1 N–H and O–H groups in total. The van der Waals surface area contributed by atoms with E-state index in [-0.39, 0.29) is 5.91 Å². The number of carbonyl (C=O) groups is 1. The second kappa shape index (κ2) is 8.85. The largest absolute Gasteiger partial charge is 0.368 e. The highest BCUT2D eigenvalue weighted by atomic mass is 16.1. The highest BCUT2D eigenvalue weighted by Gasteiger charge is 2.21. The summed E-state index contributed by atoms with van der Waals surface area (Å²) in [7, 11) is 0. The Balaban J connectivity index is 1.39. The summed E-state index contributed by atoms with van der Waals surface area (Å²) in [6.07, 6.45) is 7.65.